The van der Waals surface area contributed by atoms with Gasteiger partial charge in [-0.3, -0.25) is 0 Å². The first-order valence-corrected chi connectivity index (χ1v) is 4.57. The van der Waals surface area contributed by atoms with E-state index in [0.29, 0.717) is 5.56 Å². The maximum absolute atomic E-state index is 13.5. The highest BCUT2D eigenvalue weighted by molar-refractivity contribution is 5.61. The lowest BCUT2D eigenvalue weighted by Crippen LogP contribution is -2.12. The molecule has 0 aliphatic rings. The van der Waals surface area contributed by atoms with Crippen LogP contribution >= 0.6 is 0 Å². The summed E-state index contributed by atoms with van der Waals surface area (Å²) in [5.74, 6) is -0.301. The van der Waals surface area contributed by atoms with Gasteiger partial charge < -0.3 is 5.73 Å². The largest absolute Gasteiger partial charge is 0.399 e. The van der Waals surface area contributed by atoms with Crippen molar-refractivity contribution in [2.24, 2.45) is 5.73 Å². The monoisotopic (exact) mass is 193 g/mol. The summed E-state index contributed by atoms with van der Waals surface area (Å²) in [5.41, 5.74) is 7.00. The van der Waals surface area contributed by atoms with Crippen molar-refractivity contribution >= 4 is 5.70 Å². The van der Waals surface area contributed by atoms with Crippen molar-refractivity contribution in [1.29, 1.82) is 0 Å². The standard InChI is InChI=1S/C12H16FN/c1-8(14)10-6-5-9(7-11(10)13)12(2,3)4/h5-7H,1,14H2,2-4H3. The van der Waals surface area contributed by atoms with Crippen LogP contribution in [0.15, 0.2) is 24.8 Å². The summed E-state index contributed by atoms with van der Waals surface area (Å²) in [6.07, 6.45) is 0. The second-order valence-corrected chi connectivity index (χ2v) is 4.47. The summed E-state index contributed by atoms with van der Waals surface area (Å²) >= 11 is 0. The zero-order valence-corrected chi connectivity index (χ0v) is 8.89. The smallest absolute Gasteiger partial charge is 0.132 e. The highest BCUT2D eigenvalue weighted by Crippen LogP contribution is 2.25. The van der Waals surface area contributed by atoms with Crippen LogP contribution in [0.4, 0.5) is 4.39 Å². The molecule has 2 heteroatoms. The van der Waals surface area contributed by atoms with Gasteiger partial charge in [-0.2, -0.15) is 0 Å². The molecule has 1 nitrogen and oxygen atoms in total. The van der Waals surface area contributed by atoms with Crippen LogP contribution < -0.4 is 5.73 Å². The molecule has 0 aromatic heterocycles. The molecule has 1 rings (SSSR count). The van der Waals surface area contributed by atoms with Gasteiger partial charge in [-0.15, -0.1) is 0 Å². The Morgan fingerprint density at radius 2 is 1.93 bits per heavy atom. The molecule has 2 N–H and O–H groups in total. The van der Waals surface area contributed by atoms with Crippen LogP contribution in [0.2, 0.25) is 0 Å². The van der Waals surface area contributed by atoms with Crippen molar-refractivity contribution in [3.05, 3.63) is 41.7 Å². The molecule has 0 radical (unpaired) electrons. The van der Waals surface area contributed by atoms with E-state index in [4.69, 9.17) is 5.73 Å². The van der Waals surface area contributed by atoms with E-state index in [1.54, 1.807) is 6.07 Å². The predicted octanol–water partition coefficient (Wildman–Crippen LogP) is 3.05. The number of hydrogen-bond acceptors (Lipinski definition) is 1. The fraction of sp³-hybridized carbons (Fsp3) is 0.333. The van der Waals surface area contributed by atoms with Gasteiger partial charge in [0.2, 0.25) is 0 Å². The fourth-order valence-electron chi connectivity index (χ4n) is 1.24. The molecule has 0 saturated carbocycles. The Bertz CT molecular complexity index is 361. The van der Waals surface area contributed by atoms with Gasteiger partial charge >= 0.3 is 0 Å². The van der Waals surface area contributed by atoms with Crippen molar-refractivity contribution in [1.82, 2.24) is 0 Å². The summed E-state index contributed by atoms with van der Waals surface area (Å²) in [7, 11) is 0. The van der Waals surface area contributed by atoms with Crippen LogP contribution in [0.3, 0.4) is 0 Å². The summed E-state index contributed by atoms with van der Waals surface area (Å²) in [6, 6.07) is 5.09. The molecule has 0 atom stereocenters. The summed E-state index contributed by atoms with van der Waals surface area (Å²) in [4.78, 5) is 0. The van der Waals surface area contributed by atoms with Crippen LogP contribution in [-0.4, -0.2) is 0 Å². The van der Waals surface area contributed by atoms with Gasteiger partial charge in [-0.1, -0.05) is 33.4 Å². The fourth-order valence-corrected chi connectivity index (χ4v) is 1.24. The molecule has 0 aliphatic carbocycles. The number of rotatable bonds is 1. The molecule has 0 spiro atoms. The lowest BCUT2D eigenvalue weighted by Gasteiger charge is -2.19. The molecule has 0 aliphatic heterocycles. The molecule has 0 unspecified atom stereocenters. The Morgan fingerprint density at radius 1 is 1.36 bits per heavy atom. The van der Waals surface area contributed by atoms with E-state index >= 15 is 0 Å². The van der Waals surface area contributed by atoms with Crippen LogP contribution in [0.1, 0.15) is 31.9 Å². The molecular formula is C12H16FN. The molecule has 1 aromatic carbocycles. The van der Waals surface area contributed by atoms with Gasteiger partial charge in [0.25, 0.3) is 0 Å². The zero-order chi connectivity index (χ0) is 10.9. The number of halogens is 1. The highest BCUT2D eigenvalue weighted by Gasteiger charge is 2.15. The van der Waals surface area contributed by atoms with Crippen LogP contribution in [-0.2, 0) is 5.41 Å². The summed E-state index contributed by atoms with van der Waals surface area (Å²) in [6.45, 7) is 9.64. The van der Waals surface area contributed by atoms with Gasteiger partial charge in [-0.25, -0.2) is 4.39 Å². The van der Waals surface area contributed by atoms with Crippen molar-refractivity contribution in [3.63, 3.8) is 0 Å². The minimum Gasteiger partial charge on any atom is -0.399 e. The third-order valence-electron chi connectivity index (χ3n) is 2.18. The Hall–Kier alpha value is -1.31. The lowest BCUT2D eigenvalue weighted by molar-refractivity contribution is 0.571. The Labute approximate surface area is 84.4 Å². The summed E-state index contributed by atoms with van der Waals surface area (Å²) in [5, 5.41) is 0. The maximum atomic E-state index is 13.5. The van der Waals surface area contributed by atoms with Crippen LogP contribution in [0.5, 0.6) is 0 Å². The number of nitrogens with two attached hydrogens (primary N) is 1. The first-order valence-electron chi connectivity index (χ1n) is 4.57. The van der Waals surface area contributed by atoms with E-state index in [0.717, 1.165) is 5.56 Å². The van der Waals surface area contributed by atoms with Crippen molar-refractivity contribution in [2.75, 3.05) is 0 Å². The van der Waals surface area contributed by atoms with Crippen molar-refractivity contribution in [3.8, 4) is 0 Å². The Kier molecular flexibility index (Phi) is 2.65. The zero-order valence-electron chi connectivity index (χ0n) is 8.89. The second-order valence-electron chi connectivity index (χ2n) is 4.47. The molecule has 0 amide bonds. The molecule has 76 valence electrons. The predicted molar refractivity (Wildman–Crippen MR) is 58.3 cm³/mol. The van der Waals surface area contributed by atoms with E-state index in [9.17, 15) is 4.39 Å². The minimum atomic E-state index is -0.301. The summed E-state index contributed by atoms with van der Waals surface area (Å²) < 4.78 is 13.5. The van der Waals surface area contributed by atoms with Gasteiger partial charge in [0.15, 0.2) is 0 Å². The Balaban J connectivity index is 3.20. The molecule has 0 fully saturated rings. The molecule has 0 saturated heterocycles. The first-order chi connectivity index (χ1) is 6.32. The van der Waals surface area contributed by atoms with Gasteiger partial charge in [0.1, 0.15) is 5.82 Å². The maximum Gasteiger partial charge on any atom is 0.132 e. The van der Waals surface area contributed by atoms with Crippen molar-refractivity contribution < 1.29 is 4.39 Å². The van der Waals surface area contributed by atoms with Crippen LogP contribution in [0.25, 0.3) is 5.70 Å². The van der Waals surface area contributed by atoms with Gasteiger partial charge in [-0.05, 0) is 23.1 Å². The van der Waals surface area contributed by atoms with E-state index < -0.39 is 0 Å². The van der Waals surface area contributed by atoms with Gasteiger partial charge in [0, 0.05) is 11.3 Å². The third kappa shape index (κ3) is 2.13. The average molecular weight is 193 g/mol. The first kappa shape index (κ1) is 10.8. The SMILES string of the molecule is C=C(N)c1ccc(C(C)(C)C)cc1F. The topological polar surface area (TPSA) is 26.0 Å². The number of benzene rings is 1. The minimum absolute atomic E-state index is 0.0463. The third-order valence-corrected chi connectivity index (χ3v) is 2.18. The number of hydrogen-bond donors (Lipinski definition) is 1. The lowest BCUT2D eigenvalue weighted by atomic mass is 9.86. The average Bonchev–Trinajstić information content (AvgIpc) is 2.01. The van der Waals surface area contributed by atoms with E-state index in [1.807, 2.05) is 26.8 Å². The molecular weight excluding hydrogens is 177 g/mol. The second kappa shape index (κ2) is 3.45. The van der Waals surface area contributed by atoms with E-state index in [2.05, 4.69) is 6.58 Å². The highest BCUT2D eigenvalue weighted by atomic mass is 19.1. The van der Waals surface area contributed by atoms with Gasteiger partial charge in [0.05, 0.1) is 0 Å². The molecule has 0 bridgehead atoms. The van der Waals surface area contributed by atoms with Crippen molar-refractivity contribution in [2.45, 2.75) is 26.2 Å². The van der Waals surface area contributed by atoms with E-state index in [1.165, 1.54) is 6.07 Å². The molecule has 14 heavy (non-hydrogen) atoms. The van der Waals surface area contributed by atoms with Crippen LogP contribution in [0, 0.1) is 5.82 Å². The molecule has 0 heterocycles. The quantitative estimate of drug-likeness (QED) is 0.728. The Morgan fingerprint density at radius 3 is 2.29 bits per heavy atom. The normalized spacial score (nSPS) is 11.4. The molecule has 1 aromatic rings. The van der Waals surface area contributed by atoms with E-state index in [-0.39, 0.29) is 16.9 Å².